The number of hydrogen-bond donors (Lipinski definition) is 1. The predicted molar refractivity (Wildman–Crippen MR) is 60.7 cm³/mol. The van der Waals surface area contributed by atoms with Gasteiger partial charge in [-0.2, -0.15) is 0 Å². The van der Waals surface area contributed by atoms with Crippen LogP contribution in [0.1, 0.15) is 60.8 Å². The van der Waals surface area contributed by atoms with Gasteiger partial charge in [-0.05, 0) is 37.5 Å². The van der Waals surface area contributed by atoms with E-state index in [0.29, 0.717) is 11.3 Å². The maximum Gasteiger partial charge on any atom is 0.0128 e. The van der Waals surface area contributed by atoms with E-state index in [1.807, 2.05) is 0 Å². The first-order chi connectivity index (χ1) is 5.62. The van der Waals surface area contributed by atoms with Gasteiger partial charge in [-0.1, -0.05) is 34.6 Å². The molecule has 0 aliphatic rings. The molecule has 0 saturated carbocycles. The van der Waals surface area contributed by atoms with Crippen LogP contribution in [0.2, 0.25) is 0 Å². The summed E-state index contributed by atoms with van der Waals surface area (Å²) >= 11 is 0. The lowest BCUT2D eigenvalue weighted by Crippen LogP contribution is -2.38. The molecule has 13 heavy (non-hydrogen) atoms. The topological polar surface area (TPSA) is 26.0 Å². The lowest BCUT2D eigenvalue weighted by atomic mass is 9.81. The normalized spacial score (nSPS) is 17.5. The Balaban J connectivity index is 3.89. The van der Waals surface area contributed by atoms with Gasteiger partial charge in [-0.3, -0.25) is 0 Å². The van der Waals surface area contributed by atoms with Gasteiger partial charge in [-0.25, -0.2) is 0 Å². The fourth-order valence-electron chi connectivity index (χ4n) is 1.70. The summed E-state index contributed by atoms with van der Waals surface area (Å²) in [6, 6.07) is 0. The van der Waals surface area contributed by atoms with Crippen molar-refractivity contribution in [3.63, 3.8) is 0 Å². The smallest absolute Gasteiger partial charge is 0.0128 e. The summed E-state index contributed by atoms with van der Waals surface area (Å²) in [7, 11) is 0. The van der Waals surface area contributed by atoms with E-state index < -0.39 is 0 Å². The summed E-state index contributed by atoms with van der Waals surface area (Å²) in [5, 5.41) is 0. The molecule has 0 rings (SSSR count). The van der Waals surface area contributed by atoms with E-state index in [9.17, 15) is 0 Å². The Kier molecular flexibility index (Phi) is 4.44. The first-order valence-electron chi connectivity index (χ1n) is 5.41. The Hall–Kier alpha value is -0.0400. The third-order valence-corrected chi connectivity index (χ3v) is 2.32. The quantitative estimate of drug-likeness (QED) is 0.712. The SMILES string of the molecule is CC(C)CC(C)(N)CCC(C)(C)C. The van der Waals surface area contributed by atoms with Gasteiger partial charge in [0.05, 0.1) is 0 Å². The Morgan fingerprint density at radius 2 is 1.46 bits per heavy atom. The summed E-state index contributed by atoms with van der Waals surface area (Å²) in [4.78, 5) is 0. The molecule has 0 aromatic heterocycles. The Bertz CT molecular complexity index is 140. The highest BCUT2D eigenvalue weighted by Gasteiger charge is 2.22. The average molecular weight is 185 g/mol. The molecule has 0 bridgehead atoms. The molecule has 80 valence electrons. The molecule has 2 N–H and O–H groups in total. The van der Waals surface area contributed by atoms with E-state index in [-0.39, 0.29) is 5.54 Å². The van der Waals surface area contributed by atoms with Crippen LogP contribution >= 0.6 is 0 Å². The van der Waals surface area contributed by atoms with Crippen LogP contribution in [0.5, 0.6) is 0 Å². The van der Waals surface area contributed by atoms with Crippen LogP contribution in [0.15, 0.2) is 0 Å². The largest absolute Gasteiger partial charge is 0.325 e. The minimum Gasteiger partial charge on any atom is -0.325 e. The fourth-order valence-corrected chi connectivity index (χ4v) is 1.70. The van der Waals surface area contributed by atoms with Crippen molar-refractivity contribution in [1.82, 2.24) is 0 Å². The third kappa shape index (κ3) is 8.29. The maximum atomic E-state index is 6.22. The molecule has 0 saturated heterocycles. The summed E-state index contributed by atoms with van der Waals surface area (Å²) in [6.45, 7) is 13.5. The van der Waals surface area contributed by atoms with Crippen molar-refractivity contribution >= 4 is 0 Å². The van der Waals surface area contributed by atoms with Crippen LogP contribution in [0.3, 0.4) is 0 Å². The molecule has 0 amide bonds. The number of hydrogen-bond acceptors (Lipinski definition) is 1. The van der Waals surface area contributed by atoms with Crippen molar-refractivity contribution in [1.29, 1.82) is 0 Å². The molecule has 0 radical (unpaired) electrons. The highest BCUT2D eigenvalue weighted by Crippen LogP contribution is 2.27. The zero-order chi connectivity index (χ0) is 10.7. The van der Waals surface area contributed by atoms with Crippen molar-refractivity contribution in [2.75, 3.05) is 0 Å². The summed E-state index contributed by atoms with van der Waals surface area (Å²) in [6.07, 6.45) is 3.48. The summed E-state index contributed by atoms with van der Waals surface area (Å²) < 4.78 is 0. The molecule has 0 heterocycles. The van der Waals surface area contributed by atoms with Crippen molar-refractivity contribution in [2.45, 2.75) is 66.3 Å². The lowest BCUT2D eigenvalue weighted by molar-refractivity contribution is 0.274. The van der Waals surface area contributed by atoms with Crippen molar-refractivity contribution in [3.8, 4) is 0 Å². The molecule has 0 aromatic carbocycles. The molecule has 0 spiro atoms. The van der Waals surface area contributed by atoms with E-state index >= 15 is 0 Å². The molecule has 0 fully saturated rings. The Labute approximate surface area is 84.1 Å². The first kappa shape index (κ1) is 13.0. The maximum absolute atomic E-state index is 6.22. The molecule has 1 nitrogen and oxygen atoms in total. The molecule has 0 aliphatic heterocycles. The van der Waals surface area contributed by atoms with Gasteiger partial charge in [0.2, 0.25) is 0 Å². The van der Waals surface area contributed by atoms with Gasteiger partial charge in [0, 0.05) is 5.54 Å². The third-order valence-electron chi connectivity index (χ3n) is 2.32. The second kappa shape index (κ2) is 4.45. The molecular formula is C12H27N. The van der Waals surface area contributed by atoms with Crippen LogP contribution in [0, 0.1) is 11.3 Å². The van der Waals surface area contributed by atoms with Crippen molar-refractivity contribution in [3.05, 3.63) is 0 Å². The minimum atomic E-state index is 0.0292. The molecule has 0 aliphatic carbocycles. The van der Waals surface area contributed by atoms with Gasteiger partial charge < -0.3 is 5.73 Å². The highest BCUT2D eigenvalue weighted by molar-refractivity contribution is 4.81. The minimum absolute atomic E-state index is 0.0292. The van der Waals surface area contributed by atoms with Crippen LogP contribution in [0.4, 0.5) is 0 Å². The van der Waals surface area contributed by atoms with Gasteiger partial charge in [0.25, 0.3) is 0 Å². The van der Waals surface area contributed by atoms with Gasteiger partial charge in [0.1, 0.15) is 0 Å². The molecule has 1 atom stereocenters. The summed E-state index contributed by atoms with van der Waals surface area (Å²) in [5.41, 5.74) is 6.67. The van der Waals surface area contributed by atoms with E-state index in [1.165, 1.54) is 6.42 Å². The van der Waals surface area contributed by atoms with E-state index in [4.69, 9.17) is 5.73 Å². The zero-order valence-corrected chi connectivity index (χ0v) is 10.3. The van der Waals surface area contributed by atoms with Gasteiger partial charge in [-0.15, -0.1) is 0 Å². The summed E-state index contributed by atoms with van der Waals surface area (Å²) in [5.74, 6) is 0.704. The van der Waals surface area contributed by atoms with E-state index in [1.54, 1.807) is 0 Å². The fraction of sp³-hybridized carbons (Fsp3) is 1.00. The predicted octanol–water partition coefficient (Wildman–Crippen LogP) is 3.58. The number of nitrogens with two attached hydrogens (primary N) is 1. The van der Waals surface area contributed by atoms with Crippen LogP contribution in [-0.4, -0.2) is 5.54 Å². The first-order valence-corrected chi connectivity index (χ1v) is 5.41. The van der Waals surface area contributed by atoms with Crippen LogP contribution in [-0.2, 0) is 0 Å². The number of rotatable bonds is 4. The van der Waals surface area contributed by atoms with Gasteiger partial charge >= 0.3 is 0 Å². The van der Waals surface area contributed by atoms with Crippen molar-refractivity contribution in [2.24, 2.45) is 17.1 Å². The van der Waals surface area contributed by atoms with E-state index in [2.05, 4.69) is 41.5 Å². The van der Waals surface area contributed by atoms with Crippen LogP contribution < -0.4 is 5.73 Å². The second-order valence-electron chi connectivity index (χ2n) is 6.31. The molecular weight excluding hydrogens is 158 g/mol. The highest BCUT2D eigenvalue weighted by atomic mass is 14.7. The Morgan fingerprint density at radius 3 is 1.77 bits per heavy atom. The zero-order valence-electron chi connectivity index (χ0n) is 10.3. The monoisotopic (exact) mass is 185 g/mol. The lowest BCUT2D eigenvalue weighted by Gasteiger charge is -2.30. The van der Waals surface area contributed by atoms with Crippen molar-refractivity contribution < 1.29 is 0 Å². The Morgan fingerprint density at radius 1 is 1.00 bits per heavy atom. The van der Waals surface area contributed by atoms with Gasteiger partial charge in [0.15, 0.2) is 0 Å². The van der Waals surface area contributed by atoms with Crippen LogP contribution in [0.25, 0.3) is 0 Å². The second-order valence-corrected chi connectivity index (χ2v) is 6.31. The molecule has 0 aromatic rings. The van der Waals surface area contributed by atoms with E-state index in [0.717, 1.165) is 12.8 Å². The standard InChI is InChI=1S/C12H27N/c1-10(2)9-12(6,13)8-7-11(3,4)5/h10H,7-9,13H2,1-6H3. The average Bonchev–Trinajstić information content (AvgIpc) is 1.79. The molecule has 1 unspecified atom stereocenters. The molecule has 1 heteroatoms.